The van der Waals surface area contributed by atoms with Gasteiger partial charge in [0.05, 0.1) is 18.2 Å². The Kier molecular flexibility index (Phi) is 5.98. The van der Waals surface area contributed by atoms with Crippen molar-refractivity contribution in [3.63, 3.8) is 0 Å². The zero-order valence-corrected chi connectivity index (χ0v) is 15.4. The van der Waals surface area contributed by atoms with Crippen molar-refractivity contribution < 1.29 is 23.8 Å². The summed E-state index contributed by atoms with van der Waals surface area (Å²) in [5.74, 6) is -1.44. The Morgan fingerprint density at radius 3 is 2.70 bits per heavy atom. The fraction of sp³-hybridized carbons (Fsp3) is 0.500. The van der Waals surface area contributed by atoms with Crippen LogP contribution in [0.3, 0.4) is 0 Å². The van der Waals surface area contributed by atoms with E-state index in [2.05, 4.69) is 10.6 Å². The maximum atomic E-state index is 13.8. The predicted octanol–water partition coefficient (Wildman–Crippen LogP) is 3.67. The van der Waals surface area contributed by atoms with Crippen LogP contribution in [0.1, 0.15) is 57.1 Å². The molecule has 0 bridgehead atoms. The van der Waals surface area contributed by atoms with Crippen molar-refractivity contribution in [1.82, 2.24) is 10.6 Å². The van der Waals surface area contributed by atoms with Gasteiger partial charge >= 0.3 is 12.0 Å². The normalized spacial score (nSPS) is 20.8. The number of phenolic OH excluding ortho intramolecular Hbond substituents is 1. The molecule has 1 aromatic carbocycles. The van der Waals surface area contributed by atoms with Crippen molar-refractivity contribution in [2.75, 3.05) is 6.61 Å². The van der Waals surface area contributed by atoms with Gasteiger partial charge in [0.1, 0.15) is 0 Å². The van der Waals surface area contributed by atoms with Gasteiger partial charge < -0.3 is 20.5 Å². The molecule has 3 rings (SSSR count). The maximum Gasteiger partial charge on any atom is 0.338 e. The van der Waals surface area contributed by atoms with E-state index in [4.69, 9.17) is 4.74 Å². The van der Waals surface area contributed by atoms with E-state index < -0.39 is 29.6 Å². The Hall–Kier alpha value is -2.57. The van der Waals surface area contributed by atoms with Crippen molar-refractivity contribution in [1.29, 1.82) is 0 Å². The van der Waals surface area contributed by atoms with Gasteiger partial charge in [0.25, 0.3) is 0 Å². The molecule has 1 aliphatic heterocycles. The lowest BCUT2D eigenvalue weighted by atomic mass is 9.90. The van der Waals surface area contributed by atoms with Crippen LogP contribution in [0.25, 0.3) is 0 Å². The number of carbonyl (C=O) groups is 2. The molecule has 1 aromatic rings. The first-order chi connectivity index (χ1) is 13.0. The van der Waals surface area contributed by atoms with Gasteiger partial charge in [-0.05, 0) is 42.9 Å². The molecule has 0 aromatic heterocycles. The van der Waals surface area contributed by atoms with E-state index in [0.717, 1.165) is 31.7 Å². The van der Waals surface area contributed by atoms with Crippen LogP contribution in [-0.4, -0.2) is 23.7 Å². The number of amides is 2. The van der Waals surface area contributed by atoms with E-state index in [1.54, 1.807) is 0 Å². The van der Waals surface area contributed by atoms with E-state index in [1.807, 2.05) is 6.92 Å². The molecule has 1 unspecified atom stereocenters. The lowest BCUT2D eigenvalue weighted by Crippen LogP contribution is -2.46. The van der Waals surface area contributed by atoms with Crippen LogP contribution >= 0.6 is 0 Å². The minimum absolute atomic E-state index is 0.276. The highest BCUT2D eigenvalue weighted by molar-refractivity contribution is 5.95. The molecule has 1 saturated carbocycles. The van der Waals surface area contributed by atoms with E-state index in [1.165, 1.54) is 18.6 Å². The molecule has 27 heavy (non-hydrogen) atoms. The summed E-state index contributed by atoms with van der Waals surface area (Å²) >= 11 is 0. The molecule has 1 atom stereocenters. The summed E-state index contributed by atoms with van der Waals surface area (Å²) in [6, 6.07) is 2.51. The second-order valence-electron chi connectivity index (χ2n) is 7.09. The third kappa shape index (κ3) is 4.40. The second kappa shape index (κ2) is 8.41. The third-order valence-electron chi connectivity index (χ3n) is 5.21. The first-order valence-electron chi connectivity index (χ1n) is 9.45. The van der Waals surface area contributed by atoms with Gasteiger partial charge in [-0.2, -0.15) is 0 Å². The van der Waals surface area contributed by atoms with E-state index in [0.29, 0.717) is 30.2 Å². The first-order valence-corrected chi connectivity index (χ1v) is 9.45. The van der Waals surface area contributed by atoms with E-state index in [9.17, 15) is 19.1 Å². The third-order valence-corrected chi connectivity index (χ3v) is 5.21. The molecule has 0 radical (unpaired) electrons. The molecule has 0 saturated heterocycles. The Balaban J connectivity index is 1.84. The number of urea groups is 1. The van der Waals surface area contributed by atoms with Crippen molar-refractivity contribution >= 4 is 12.0 Å². The predicted molar refractivity (Wildman–Crippen MR) is 97.3 cm³/mol. The summed E-state index contributed by atoms with van der Waals surface area (Å²) in [5, 5.41) is 14.7. The molecule has 1 heterocycles. The quantitative estimate of drug-likeness (QED) is 0.684. The van der Waals surface area contributed by atoms with Gasteiger partial charge in [0.2, 0.25) is 0 Å². The molecule has 146 valence electrons. The lowest BCUT2D eigenvalue weighted by molar-refractivity contribution is -0.141. The monoisotopic (exact) mass is 376 g/mol. The standard InChI is InChI=1S/C20H25FN2O4/c1-2-15-17(19(25)27-11-12-6-4-3-5-7-12)18(23-20(26)22-15)13-8-9-16(24)14(21)10-13/h8-10,12,18,24H,2-7,11H2,1H3,(H2,22,23,26). The zero-order valence-electron chi connectivity index (χ0n) is 15.4. The highest BCUT2D eigenvalue weighted by atomic mass is 19.1. The summed E-state index contributed by atoms with van der Waals surface area (Å²) in [6.45, 7) is 2.17. The fourth-order valence-corrected chi connectivity index (χ4v) is 3.72. The highest BCUT2D eigenvalue weighted by Crippen LogP contribution is 2.31. The minimum Gasteiger partial charge on any atom is -0.505 e. The number of ether oxygens (including phenoxy) is 1. The molecular weight excluding hydrogens is 351 g/mol. The molecule has 3 N–H and O–H groups in total. The van der Waals surface area contributed by atoms with Crippen molar-refractivity contribution in [2.24, 2.45) is 5.92 Å². The van der Waals surface area contributed by atoms with E-state index in [-0.39, 0.29) is 5.57 Å². The molecule has 2 amide bonds. The highest BCUT2D eigenvalue weighted by Gasteiger charge is 2.34. The van der Waals surface area contributed by atoms with Gasteiger partial charge in [0, 0.05) is 5.70 Å². The first kappa shape index (κ1) is 19.2. The zero-order chi connectivity index (χ0) is 19.4. The van der Waals surface area contributed by atoms with Crippen LogP contribution in [0, 0.1) is 11.7 Å². The number of aromatic hydroxyl groups is 1. The van der Waals surface area contributed by atoms with Gasteiger partial charge in [-0.15, -0.1) is 0 Å². The SMILES string of the molecule is CCC1=C(C(=O)OCC2CCCCC2)C(c2ccc(O)c(F)c2)NC(=O)N1. The van der Waals surface area contributed by atoms with E-state index >= 15 is 0 Å². The summed E-state index contributed by atoms with van der Waals surface area (Å²) in [5.41, 5.74) is 1.11. The number of phenols is 1. The summed E-state index contributed by atoms with van der Waals surface area (Å²) in [7, 11) is 0. The Labute approximate surface area is 157 Å². The number of hydrogen-bond donors (Lipinski definition) is 3. The van der Waals surface area contributed by atoms with Crippen molar-refractivity contribution in [3.8, 4) is 5.75 Å². The van der Waals surface area contributed by atoms with Gasteiger partial charge in [-0.3, -0.25) is 0 Å². The number of allylic oxidation sites excluding steroid dienone is 1. The number of nitrogens with one attached hydrogen (secondary N) is 2. The Morgan fingerprint density at radius 1 is 1.30 bits per heavy atom. The average Bonchev–Trinajstić information content (AvgIpc) is 2.68. The average molecular weight is 376 g/mol. The number of halogens is 1. The van der Waals surface area contributed by atoms with Gasteiger partial charge in [-0.25, -0.2) is 14.0 Å². The molecule has 1 fully saturated rings. The smallest absolute Gasteiger partial charge is 0.338 e. The number of rotatable bonds is 5. The number of hydrogen-bond acceptors (Lipinski definition) is 4. The number of benzene rings is 1. The van der Waals surface area contributed by atoms with Crippen LogP contribution in [0.2, 0.25) is 0 Å². The summed E-state index contributed by atoms with van der Waals surface area (Å²) in [4.78, 5) is 24.8. The minimum atomic E-state index is -0.831. The molecule has 0 spiro atoms. The second-order valence-corrected chi connectivity index (χ2v) is 7.09. The maximum absolute atomic E-state index is 13.8. The van der Waals surface area contributed by atoms with Crippen LogP contribution in [0.5, 0.6) is 5.75 Å². The van der Waals surface area contributed by atoms with Crippen LogP contribution in [-0.2, 0) is 9.53 Å². The number of carbonyl (C=O) groups excluding carboxylic acids is 2. The largest absolute Gasteiger partial charge is 0.505 e. The van der Waals surface area contributed by atoms with Crippen LogP contribution in [0.4, 0.5) is 9.18 Å². The summed E-state index contributed by atoms with van der Waals surface area (Å²) in [6.07, 6.45) is 6.05. The molecule has 1 aliphatic carbocycles. The van der Waals surface area contributed by atoms with Crippen molar-refractivity contribution in [2.45, 2.75) is 51.5 Å². The molecule has 6 nitrogen and oxygen atoms in total. The van der Waals surface area contributed by atoms with Crippen molar-refractivity contribution in [3.05, 3.63) is 40.8 Å². The van der Waals surface area contributed by atoms with Gasteiger partial charge in [-0.1, -0.05) is 32.3 Å². The molecule has 7 heteroatoms. The van der Waals surface area contributed by atoms with Gasteiger partial charge in [0.15, 0.2) is 11.6 Å². The van der Waals surface area contributed by atoms with Crippen LogP contribution < -0.4 is 10.6 Å². The Morgan fingerprint density at radius 2 is 2.04 bits per heavy atom. The fourth-order valence-electron chi connectivity index (χ4n) is 3.72. The van der Waals surface area contributed by atoms with Crippen LogP contribution in [0.15, 0.2) is 29.5 Å². The lowest BCUT2D eigenvalue weighted by Gasteiger charge is -2.30. The molecule has 2 aliphatic rings. The number of esters is 1. The molecular formula is C20H25FN2O4. The topological polar surface area (TPSA) is 87.7 Å². The Bertz CT molecular complexity index is 756. The summed E-state index contributed by atoms with van der Waals surface area (Å²) < 4.78 is 19.4.